The number of aromatic nitrogens is 6. The monoisotopic (exact) mass is 434 g/mol. The molecule has 2 aliphatic rings. The first kappa shape index (κ1) is 19.9. The number of alkyl halides is 3. The highest BCUT2D eigenvalue weighted by Crippen LogP contribution is 2.37. The number of anilines is 2. The van der Waals surface area contributed by atoms with E-state index in [0.717, 1.165) is 49.2 Å². The van der Waals surface area contributed by atoms with Crippen molar-refractivity contribution in [2.24, 2.45) is 11.8 Å². The van der Waals surface area contributed by atoms with E-state index in [0.29, 0.717) is 30.8 Å². The molecule has 9 nitrogen and oxygen atoms in total. The first-order valence-corrected chi connectivity index (χ1v) is 9.99. The zero-order chi connectivity index (χ0) is 21.6. The van der Waals surface area contributed by atoms with Gasteiger partial charge in [0.15, 0.2) is 28.5 Å². The molecule has 0 radical (unpaired) electrons. The number of fused-ring (bicyclic) bond motifs is 2. The molecule has 12 heteroatoms. The normalized spacial score (nSPS) is 21.3. The summed E-state index contributed by atoms with van der Waals surface area (Å²) in [6.07, 6.45) is -1.17. The number of ether oxygens (including phenoxy) is 1. The van der Waals surface area contributed by atoms with Crippen LogP contribution in [0.5, 0.6) is 0 Å². The molecule has 0 spiro atoms. The maximum atomic E-state index is 12.7. The van der Waals surface area contributed by atoms with Gasteiger partial charge in [0.05, 0.1) is 12.9 Å². The van der Waals surface area contributed by atoms with Crippen molar-refractivity contribution in [3.63, 3.8) is 0 Å². The van der Waals surface area contributed by atoms with Crippen LogP contribution in [0, 0.1) is 11.8 Å². The van der Waals surface area contributed by atoms with E-state index in [1.54, 1.807) is 19.8 Å². The molecule has 2 fully saturated rings. The molecule has 2 saturated heterocycles. The molecule has 0 amide bonds. The standard InChI is InChI=1S/C19H21F3N8O/c1-31-5-4-28-11-25-16-17(28)23-10-24-18(16)30-8-12-6-29(7-13(12)9-30)15-3-2-14(26-27-15)19(20,21)22/h2-3,10-13H,4-9H2,1H3. The zero-order valence-corrected chi connectivity index (χ0v) is 16.8. The van der Waals surface area contributed by atoms with E-state index in [9.17, 15) is 13.2 Å². The van der Waals surface area contributed by atoms with Crippen molar-refractivity contribution in [1.82, 2.24) is 29.7 Å². The summed E-state index contributed by atoms with van der Waals surface area (Å²) < 4.78 is 45.2. The van der Waals surface area contributed by atoms with Gasteiger partial charge >= 0.3 is 6.18 Å². The molecule has 164 valence electrons. The minimum atomic E-state index is -4.48. The second kappa shape index (κ2) is 7.59. The van der Waals surface area contributed by atoms with E-state index in [-0.39, 0.29) is 0 Å². The Hall–Kier alpha value is -3.02. The maximum Gasteiger partial charge on any atom is 0.435 e. The summed E-state index contributed by atoms with van der Waals surface area (Å²) >= 11 is 0. The second-order valence-electron chi connectivity index (χ2n) is 7.90. The molecule has 3 aromatic heterocycles. The second-order valence-corrected chi connectivity index (χ2v) is 7.90. The number of imidazole rings is 1. The lowest BCUT2D eigenvalue weighted by Gasteiger charge is -2.23. The number of halogens is 3. The summed E-state index contributed by atoms with van der Waals surface area (Å²) in [4.78, 5) is 17.6. The van der Waals surface area contributed by atoms with E-state index in [1.165, 1.54) is 6.07 Å². The Balaban J connectivity index is 1.29. The molecular formula is C19H21F3N8O. The van der Waals surface area contributed by atoms with E-state index in [1.807, 2.05) is 9.47 Å². The first-order chi connectivity index (χ1) is 14.9. The van der Waals surface area contributed by atoms with Crippen LogP contribution in [-0.4, -0.2) is 69.6 Å². The summed E-state index contributed by atoms with van der Waals surface area (Å²) in [5, 5.41) is 7.14. The summed E-state index contributed by atoms with van der Waals surface area (Å²) in [5.74, 6) is 2.03. The molecule has 0 aromatic carbocycles. The fraction of sp³-hybridized carbons (Fsp3) is 0.526. The lowest BCUT2D eigenvalue weighted by Crippen LogP contribution is -2.30. The highest BCUT2D eigenvalue weighted by atomic mass is 19.4. The van der Waals surface area contributed by atoms with Gasteiger partial charge in [-0.2, -0.15) is 13.2 Å². The van der Waals surface area contributed by atoms with E-state index >= 15 is 0 Å². The van der Waals surface area contributed by atoms with Gasteiger partial charge in [0.1, 0.15) is 6.33 Å². The first-order valence-electron chi connectivity index (χ1n) is 9.99. The average Bonchev–Trinajstić information content (AvgIpc) is 3.44. The fourth-order valence-electron chi connectivity index (χ4n) is 4.45. The Bertz CT molecular complexity index is 1060. The third-order valence-electron chi connectivity index (χ3n) is 5.97. The fourth-order valence-corrected chi connectivity index (χ4v) is 4.45. The molecule has 0 bridgehead atoms. The van der Waals surface area contributed by atoms with Crippen LogP contribution in [0.15, 0.2) is 24.8 Å². The van der Waals surface area contributed by atoms with Gasteiger partial charge in [0, 0.05) is 51.7 Å². The van der Waals surface area contributed by atoms with Crippen molar-refractivity contribution in [3.05, 3.63) is 30.5 Å². The largest absolute Gasteiger partial charge is 0.435 e. The SMILES string of the molecule is COCCn1cnc2c(N3CC4CN(c5ccc(C(F)(F)F)nn5)CC4C3)ncnc21. The maximum absolute atomic E-state index is 12.7. The molecule has 3 aromatic rings. The van der Waals surface area contributed by atoms with Crippen molar-refractivity contribution < 1.29 is 17.9 Å². The minimum Gasteiger partial charge on any atom is -0.383 e. The lowest BCUT2D eigenvalue weighted by atomic mass is 10.0. The van der Waals surface area contributed by atoms with Crippen LogP contribution in [0.25, 0.3) is 11.2 Å². The Kier molecular flexibility index (Phi) is 4.88. The zero-order valence-electron chi connectivity index (χ0n) is 16.8. The van der Waals surface area contributed by atoms with E-state index in [4.69, 9.17) is 4.74 Å². The molecule has 2 unspecified atom stereocenters. The third-order valence-corrected chi connectivity index (χ3v) is 5.97. The van der Waals surface area contributed by atoms with Crippen molar-refractivity contribution in [2.75, 3.05) is 49.7 Å². The Morgan fingerprint density at radius 1 is 1.00 bits per heavy atom. The van der Waals surface area contributed by atoms with Crippen LogP contribution in [0.1, 0.15) is 5.69 Å². The van der Waals surface area contributed by atoms with Crippen LogP contribution in [-0.2, 0) is 17.5 Å². The Morgan fingerprint density at radius 2 is 1.74 bits per heavy atom. The number of nitrogens with zero attached hydrogens (tertiary/aromatic N) is 8. The molecule has 5 rings (SSSR count). The highest BCUT2D eigenvalue weighted by Gasteiger charge is 2.42. The lowest BCUT2D eigenvalue weighted by molar-refractivity contribution is -0.141. The predicted octanol–water partition coefficient (Wildman–Crippen LogP) is 1.85. The van der Waals surface area contributed by atoms with Crippen LogP contribution in [0.3, 0.4) is 0 Å². The van der Waals surface area contributed by atoms with Crippen molar-refractivity contribution >= 4 is 22.8 Å². The van der Waals surface area contributed by atoms with Gasteiger partial charge in [-0.15, -0.1) is 10.2 Å². The van der Waals surface area contributed by atoms with Crippen LogP contribution >= 0.6 is 0 Å². The molecule has 31 heavy (non-hydrogen) atoms. The molecule has 0 N–H and O–H groups in total. The van der Waals surface area contributed by atoms with E-state index < -0.39 is 11.9 Å². The molecule has 2 aliphatic heterocycles. The van der Waals surface area contributed by atoms with Gasteiger partial charge in [-0.05, 0) is 12.1 Å². The summed E-state index contributed by atoms with van der Waals surface area (Å²) in [6.45, 7) is 4.27. The van der Waals surface area contributed by atoms with Gasteiger partial charge in [-0.25, -0.2) is 15.0 Å². The summed E-state index contributed by atoms with van der Waals surface area (Å²) in [6, 6.07) is 2.38. The third kappa shape index (κ3) is 3.64. The topological polar surface area (TPSA) is 85.1 Å². The van der Waals surface area contributed by atoms with Gasteiger partial charge < -0.3 is 19.1 Å². The summed E-state index contributed by atoms with van der Waals surface area (Å²) in [5.41, 5.74) is 0.573. The molecule has 2 atom stereocenters. The van der Waals surface area contributed by atoms with Crippen LogP contribution in [0.4, 0.5) is 24.8 Å². The average molecular weight is 434 g/mol. The predicted molar refractivity (Wildman–Crippen MR) is 106 cm³/mol. The molecule has 5 heterocycles. The van der Waals surface area contributed by atoms with Crippen molar-refractivity contribution in [3.8, 4) is 0 Å². The van der Waals surface area contributed by atoms with Gasteiger partial charge in [-0.1, -0.05) is 0 Å². The quantitative estimate of drug-likeness (QED) is 0.602. The van der Waals surface area contributed by atoms with Gasteiger partial charge in [0.25, 0.3) is 0 Å². The number of rotatable bonds is 5. The molecular weight excluding hydrogens is 413 g/mol. The highest BCUT2D eigenvalue weighted by molar-refractivity contribution is 5.83. The van der Waals surface area contributed by atoms with Crippen molar-refractivity contribution in [2.45, 2.75) is 12.7 Å². The van der Waals surface area contributed by atoms with E-state index in [2.05, 4.69) is 30.0 Å². The van der Waals surface area contributed by atoms with Crippen LogP contribution in [0.2, 0.25) is 0 Å². The van der Waals surface area contributed by atoms with Gasteiger partial charge in [0.2, 0.25) is 0 Å². The number of methoxy groups -OCH3 is 1. The molecule has 0 aliphatic carbocycles. The van der Waals surface area contributed by atoms with Crippen LogP contribution < -0.4 is 9.80 Å². The van der Waals surface area contributed by atoms with Gasteiger partial charge in [-0.3, -0.25) is 0 Å². The van der Waals surface area contributed by atoms with Crippen molar-refractivity contribution in [1.29, 1.82) is 0 Å². The molecule has 0 saturated carbocycles. The number of hydrogen-bond donors (Lipinski definition) is 0. The Labute approximate surface area is 175 Å². The smallest absolute Gasteiger partial charge is 0.383 e. The Morgan fingerprint density at radius 3 is 2.39 bits per heavy atom. The number of hydrogen-bond acceptors (Lipinski definition) is 8. The minimum absolute atomic E-state index is 0.365. The summed E-state index contributed by atoms with van der Waals surface area (Å²) in [7, 11) is 1.65.